The Kier molecular flexibility index (Phi) is 8.40. The lowest BCUT2D eigenvalue weighted by molar-refractivity contribution is -0.140. The zero-order valence-corrected chi connectivity index (χ0v) is 21.1. The minimum absolute atomic E-state index is 0.0273. The number of carbonyl (C=O) groups is 2. The van der Waals surface area contributed by atoms with Crippen LogP contribution in [0.1, 0.15) is 48.9 Å². The van der Waals surface area contributed by atoms with Crippen molar-refractivity contribution < 1.29 is 33.6 Å². The molecule has 0 radical (unpaired) electrons. The smallest absolute Gasteiger partial charge is 0.295 e. The van der Waals surface area contributed by atoms with E-state index >= 15 is 0 Å². The number of rotatable bonds is 10. The van der Waals surface area contributed by atoms with E-state index in [1.165, 1.54) is 19.1 Å². The first-order valence-electron chi connectivity index (χ1n) is 11.5. The number of nitrogens with zero attached hydrogens (tertiary/aromatic N) is 1. The molecule has 1 aliphatic rings. The number of benzene rings is 2. The van der Waals surface area contributed by atoms with Crippen LogP contribution in [0.2, 0.25) is 0 Å². The van der Waals surface area contributed by atoms with E-state index in [1.54, 1.807) is 50.6 Å². The molecule has 1 fully saturated rings. The van der Waals surface area contributed by atoms with E-state index in [0.29, 0.717) is 41.4 Å². The second-order valence-corrected chi connectivity index (χ2v) is 8.56. The Morgan fingerprint density at radius 1 is 0.943 bits per heavy atom. The summed E-state index contributed by atoms with van der Waals surface area (Å²) in [6.45, 7) is 4.74. The number of carbonyl (C=O) groups excluding carboxylic acids is 2. The molecule has 8 heteroatoms. The van der Waals surface area contributed by atoms with Crippen molar-refractivity contribution in [1.82, 2.24) is 4.90 Å². The third kappa shape index (κ3) is 5.12. The predicted molar refractivity (Wildman–Crippen MR) is 132 cm³/mol. The van der Waals surface area contributed by atoms with Crippen molar-refractivity contribution >= 4 is 17.4 Å². The largest absolute Gasteiger partial charge is 0.507 e. The maximum Gasteiger partial charge on any atom is 0.295 e. The van der Waals surface area contributed by atoms with Crippen LogP contribution in [0.25, 0.3) is 5.76 Å². The molecule has 0 saturated carbocycles. The summed E-state index contributed by atoms with van der Waals surface area (Å²) in [4.78, 5) is 27.8. The monoisotopic (exact) mass is 483 g/mol. The van der Waals surface area contributed by atoms with Crippen LogP contribution >= 0.6 is 0 Å². The summed E-state index contributed by atoms with van der Waals surface area (Å²) in [5.74, 6) is 0.149. The van der Waals surface area contributed by atoms with Crippen LogP contribution in [0, 0.1) is 0 Å². The summed E-state index contributed by atoms with van der Waals surface area (Å²) in [6.07, 6.45) is 0.535. The van der Waals surface area contributed by atoms with Gasteiger partial charge in [0.2, 0.25) is 0 Å². The number of ketones is 1. The summed E-state index contributed by atoms with van der Waals surface area (Å²) < 4.78 is 21.4. The summed E-state index contributed by atoms with van der Waals surface area (Å²) in [6, 6.07) is 9.64. The van der Waals surface area contributed by atoms with Gasteiger partial charge in [-0.15, -0.1) is 0 Å². The van der Waals surface area contributed by atoms with Gasteiger partial charge in [-0.2, -0.15) is 0 Å². The van der Waals surface area contributed by atoms with Crippen molar-refractivity contribution in [3.63, 3.8) is 0 Å². The highest BCUT2D eigenvalue weighted by molar-refractivity contribution is 6.46. The first-order chi connectivity index (χ1) is 16.8. The minimum Gasteiger partial charge on any atom is -0.507 e. The molecule has 3 rings (SSSR count). The molecule has 35 heavy (non-hydrogen) atoms. The molecule has 8 nitrogen and oxygen atoms in total. The lowest BCUT2D eigenvalue weighted by Crippen LogP contribution is -2.31. The fourth-order valence-electron chi connectivity index (χ4n) is 4.35. The number of hydrogen-bond donors (Lipinski definition) is 1. The van der Waals surface area contributed by atoms with Gasteiger partial charge in [0.1, 0.15) is 11.5 Å². The molecule has 0 aliphatic carbocycles. The zero-order valence-electron chi connectivity index (χ0n) is 21.1. The molecule has 1 atom stereocenters. The van der Waals surface area contributed by atoms with Crippen LogP contribution in [0.5, 0.6) is 17.2 Å². The predicted octanol–water partition coefficient (Wildman–Crippen LogP) is 4.29. The fraction of sp³-hybridized carbons (Fsp3) is 0.407. The number of Topliss-reactive ketones (excluding diaryl/α,β-unsaturated/α-hetero) is 1. The van der Waals surface area contributed by atoms with Gasteiger partial charge in [0.05, 0.1) is 32.9 Å². The van der Waals surface area contributed by atoms with E-state index in [2.05, 4.69) is 0 Å². The van der Waals surface area contributed by atoms with E-state index in [4.69, 9.17) is 18.9 Å². The van der Waals surface area contributed by atoms with Crippen molar-refractivity contribution in [2.75, 3.05) is 41.6 Å². The SMILES string of the molecule is COCCCN1C(=O)C(=O)/C(=C(/O)c2ccc(OC)c(C(C)C)c2)C1c1ccc(OC)c(OC)c1. The third-order valence-corrected chi connectivity index (χ3v) is 6.14. The van der Waals surface area contributed by atoms with E-state index in [0.717, 1.165) is 5.56 Å². The lowest BCUT2D eigenvalue weighted by atomic mass is 9.93. The Morgan fingerprint density at radius 3 is 2.20 bits per heavy atom. The van der Waals surface area contributed by atoms with Gasteiger partial charge >= 0.3 is 0 Å². The molecule has 188 valence electrons. The van der Waals surface area contributed by atoms with Crippen LogP contribution in [-0.4, -0.2) is 63.3 Å². The maximum absolute atomic E-state index is 13.2. The Labute approximate surface area is 206 Å². The molecule has 1 aliphatic heterocycles. The standard InChI is InChI=1S/C27H33NO7/c1-16(2)19-14-18(9-10-20(19)33-4)25(29)23-24(17-8-11-21(34-5)22(15-17)35-6)28(12-7-13-32-3)27(31)26(23)30/h8-11,14-16,24,29H,7,12-13H2,1-6H3/b25-23+. The third-order valence-electron chi connectivity index (χ3n) is 6.14. The summed E-state index contributed by atoms with van der Waals surface area (Å²) in [5.41, 5.74) is 1.97. The molecule has 0 spiro atoms. The number of methoxy groups -OCH3 is 4. The number of likely N-dealkylation sites (tertiary alicyclic amines) is 1. The molecular weight excluding hydrogens is 450 g/mol. The number of hydrogen-bond acceptors (Lipinski definition) is 7. The molecule has 1 amide bonds. The van der Waals surface area contributed by atoms with E-state index in [9.17, 15) is 14.7 Å². The van der Waals surface area contributed by atoms with Crippen molar-refractivity contribution in [1.29, 1.82) is 0 Å². The molecule has 0 bridgehead atoms. The zero-order chi connectivity index (χ0) is 25.7. The number of aliphatic hydroxyl groups is 1. The Morgan fingerprint density at radius 2 is 1.60 bits per heavy atom. The highest BCUT2D eigenvalue weighted by Gasteiger charge is 2.46. The minimum atomic E-state index is -0.795. The van der Waals surface area contributed by atoms with Crippen LogP contribution in [0.3, 0.4) is 0 Å². The number of amides is 1. The van der Waals surface area contributed by atoms with Crippen LogP contribution in [0.4, 0.5) is 0 Å². The second-order valence-electron chi connectivity index (χ2n) is 8.56. The summed E-state index contributed by atoms with van der Waals surface area (Å²) >= 11 is 0. The van der Waals surface area contributed by atoms with Gasteiger partial charge in [-0.05, 0) is 53.8 Å². The van der Waals surface area contributed by atoms with Crippen molar-refractivity contribution in [2.24, 2.45) is 0 Å². The van der Waals surface area contributed by atoms with Gasteiger partial charge in [0.25, 0.3) is 11.7 Å². The average molecular weight is 484 g/mol. The van der Waals surface area contributed by atoms with Gasteiger partial charge in [-0.3, -0.25) is 9.59 Å². The average Bonchev–Trinajstić information content (AvgIpc) is 3.12. The van der Waals surface area contributed by atoms with Crippen LogP contribution in [0.15, 0.2) is 42.0 Å². The van der Waals surface area contributed by atoms with E-state index in [-0.39, 0.29) is 23.8 Å². The molecule has 1 heterocycles. The fourth-order valence-corrected chi connectivity index (χ4v) is 4.35. The van der Waals surface area contributed by atoms with Crippen molar-refractivity contribution in [2.45, 2.75) is 32.2 Å². The first kappa shape index (κ1) is 26.1. The van der Waals surface area contributed by atoms with Gasteiger partial charge in [0.15, 0.2) is 11.5 Å². The number of aliphatic hydroxyl groups excluding tert-OH is 1. The van der Waals surface area contributed by atoms with Gasteiger partial charge in [-0.25, -0.2) is 0 Å². The van der Waals surface area contributed by atoms with Crippen molar-refractivity contribution in [3.8, 4) is 17.2 Å². The first-order valence-corrected chi connectivity index (χ1v) is 11.5. The van der Waals surface area contributed by atoms with Gasteiger partial charge in [0, 0.05) is 25.8 Å². The van der Waals surface area contributed by atoms with Gasteiger partial charge in [-0.1, -0.05) is 19.9 Å². The van der Waals surface area contributed by atoms with Crippen LogP contribution in [-0.2, 0) is 14.3 Å². The molecule has 0 aromatic heterocycles. The normalized spacial score (nSPS) is 17.2. The summed E-state index contributed by atoms with van der Waals surface area (Å²) in [7, 11) is 6.21. The van der Waals surface area contributed by atoms with E-state index in [1.807, 2.05) is 13.8 Å². The quantitative estimate of drug-likeness (QED) is 0.233. The van der Waals surface area contributed by atoms with Gasteiger partial charge < -0.3 is 29.0 Å². The molecule has 1 N–H and O–H groups in total. The summed E-state index contributed by atoms with van der Waals surface area (Å²) in [5, 5.41) is 11.4. The molecule has 2 aromatic carbocycles. The maximum atomic E-state index is 13.2. The molecular formula is C27H33NO7. The molecule has 1 saturated heterocycles. The number of ether oxygens (including phenoxy) is 4. The lowest BCUT2D eigenvalue weighted by Gasteiger charge is -2.26. The van der Waals surface area contributed by atoms with Crippen LogP contribution < -0.4 is 14.2 Å². The Bertz CT molecular complexity index is 1120. The molecule has 1 unspecified atom stereocenters. The highest BCUT2D eigenvalue weighted by atomic mass is 16.5. The topological polar surface area (TPSA) is 94.5 Å². The highest BCUT2D eigenvalue weighted by Crippen LogP contribution is 2.42. The second kappa shape index (κ2) is 11.3. The molecule has 2 aromatic rings. The Balaban J connectivity index is 2.20. The van der Waals surface area contributed by atoms with Crippen molar-refractivity contribution in [3.05, 3.63) is 58.7 Å². The van der Waals surface area contributed by atoms with E-state index < -0.39 is 17.7 Å². The Hall–Kier alpha value is -3.52.